The van der Waals surface area contributed by atoms with Crippen LogP contribution in [0.1, 0.15) is 57.5 Å². The summed E-state index contributed by atoms with van der Waals surface area (Å²) >= 11 is 0. The van der Waals surface area contributed by atoms with Gasteiger partial charge in [0.1, 0.15) is 17.6 Å². The van der Waals surface area contributed by atoms with Crippen LogP contribution < -0.4 is 25.4 Å². The van der Waals surface area contributed by atoms with E-state index >= 15 is 0 Å². The molecule has 0 radical (unpaired) electrons. The van der Waals surface area contributed by atoms with Crippen LogP contribution in [0.15, 0.2) is 36.4 Å². The lowest BCUT2D eigenvalue weighted by Gasteiger charge is -2.23. The number of ether oxygens (including phenoxy) is 3. The minimum absolute atomic E-state index is 0.128. The molecule has 1 fully saturated rings. The van der Waals surface area contributed by atoms with E-state index in [9.17, 15) is 9.59 Å². The van der Waals surface area contributed by atoms with Gasteiger partial charge in [-0.1, -0.05) is 12.1 Å². The van der Waals surface area contributed by atoms with Crippen LogP contribution in [0, 0.1) is 0 Å². The number of methoxy groups -OCH3 is 1. The van der Waals surface area contributed by atoms with Gasteiger partial charge in [-0.3, -0.25) is 9.59 Å². The van der Waals surface area contributed by atoms with Gasteiger partial charge >= 0.3 is 0 Å². The van der Waals surface area contributed by atoms with Crippen LogP contribution in [-0.2, 0) is 4.74 Å². The Hall–Kier alpha value is -3.10. The molecule has 4 rings (SSSR count). The van der Waals surface area contributed by atoms with Gasteiger partial charge in [0, 0.05) is 43.7 Å². The predicted octanol–water partition coefficient (Wildman–Crippen LogP) is 2.47. The molecule has 0 unspecified atom stereocenters. The lowest BCUT2D eigenvalue weighted by Crippen LogP contribution is -2.38. The number of hydrogen-bond donors (Lipinski definition) is 3. The van der Waals surface area contributed by atoms with Crippen molar-refractivity contribution in [1.29, 1.82) is 0 Å². The summed E-state index contributed by atoms with van der Waals surface area (Å²) in [4.78, 5) is 25.7. The molecule has 0 bridgehead atoms. The molecule has 2 amide bonds. The van der Waals surface area contributed by atoms with Gasteiger partial charge in [0.25, 0.3) is 11.8 Å². The van der Waals surface area contributed by atoms with Crippen molar-refractivity contribution >= 4 is 11.8 Å². The van der Waals surface area contributed by atoms with Crippen LogP contribution in [0.25, 0.3) is 0 Å². The highest BCUT2D eigenvalue weighted by Crippen LogP contribution is 2.45. The Morgan fingerprint density at radius 2 is 2.06 bits per heavy atom. The summed E-state index contributed by atoms with van der Waals surface area (Å²) in [7, 11) is 3.20. The molecule has 182 valence electrons. The lowest BCUT2D eigenvalue weighted by atomic mass is 9.86. The zero-order valence-corrected chi connectivity index (χ0v) is 20.0. The smallest absolute Gasteiger partial charge is 0.254 e. The van der Waals surface area contributed by atoms with Crippen LogP contribution in [0.5, 0.6) is 11.5 Å². The maximum atomic E-state index is 13.0. The maximum Gasteiger partial charge on any atom is 0.254 e. The van der Waals surface area contributed by atoms with Crippen molar-refractivity contribution in [2.75, 3.05) is 40.4 Å². The molecule has 2 aromatic rings. The van der Waals surface area contributed by atoms with Crippen molar-refractivity contribution < 1.29 is 23.8 Å². The Labute approximate surface area is 200 Å². The van der Waals surface area contributed by atoms with Gasteiger partial charge in [0.05, 0.1) is 25.4 Å². The highest BCUT2D eigenvalue weighted by Gasteiger charge is 2.36. The van der Waals surface area contributed by atoms with Crippen LogP contribution in [0.3, 0.4) is 0 Å². The number of hydrogen-bond acceptors (Lipinski definition) is 6. The third-order valence-electron chi connectivity index (χ3n) is 6.41. The van der Waals surface area contributed by atoms with Crippen LogP contribution >= 0.6 is 0 Å². The van der Waals surface area contributed by atoms with E-state index in [1.54, 1.807) is 20.2 Å². The first-order chi connectivity index (χ1) is 16.5. The first kappa shape index (κ1) is 24.0. The SMILES string of the molecule is CNC(=O)c1cc(C(=O)NCCC[C@H]2CNCCO2)cc2c1O[C@H](C)[C@H]2c1cccc(OC)c1. The van der Waals surface area contributed by atoms with Crippen molar-refractivity contribution in [3.63, 3.8) is 0 Å². The second kappa shape index (κ2) is 10.9. The quantitative estimate of drug-likeness (QED) is 0.516. The Kier molecular flexibility index (Phi) is 7.70. The molecule has 34 heavy (non-hydrogen) atoms. The van der Waals surface area contributed by atoms with Gasteiger partial charge in [0.15, 0.2) is 0 Å². The highest BCUT2D eigenvalue weighted by molar-refractivity contribution is 6.02. The van der Waals surface area contributed by atoms with Crippen molar-refractivity contribution in [3.8, 4) is 11.5 Å². The number of nitrogens with one attached hydrogen (secondary N) is 3. The summed E-state index contributed by atoms with van der Waals surface area (Å²) in [5.41, 5.74) is 2.64. The number of benzene rings is 2. The van der Waals surface area contributed by atoms with E-state index in [1.165, 1.54) is 0 Å². The third-order valence-corrected chi connectivity index (χ3v) is 6.41. The average Bonchev–Trinajstić information content (AvgIpc) is 3.21. The van der Waals surface area contributed by atoms with E-state index in [1.807, 2.05) is 37.3 Å². The number of rotatable bonds is 8. The zero-order chi connectivity index (χ0) is 24.1. The summed E-state index contributed by atoms with van der Waals surface area (Å²) in [6, 6.07) is 11.3. The van der Waals surface area contributed by atoms with Gasteiger partial charge in [0.2, 0.25) is 0 Å². The molecule has 2 aliphatic heterocycles. The number of carbonyl (C=O) groups excluding carboxylic acids is 2. The summed E-state index contributed by atoms with van der Waals surface area (Å²) in [6.45, 7) is 4.97. The minimum atomic E-state index is -0.286. The van der Waals surface area contributed by atoms with Crippen molar-refractivity contribution in [3.05, 3.63) is 58.7 Å². The van der Waals surface area contributed by atoms with Crippen molar-refractivity contribution in [2.45, 2.75) is 37.9 Å². The molecular weight excluding hydrogens is 434 g/mol. The number of carbonyl (C=O) groups is 2. The average molecular weight is 468 g/mol. The van der Waals surface area contributed by atoms with Crippen LogP contribution in [0.4, 0.5) is 0 Å². The highest BCUT2D eigenvalue weighted by atomic mass is 16.5. The van der Waals surface area contributed by atoms with E-state index < -0.39 is 0 Å². The topological polar surface area (TPSA) is 97.9 Å². The molecule has 0 saturated carbocycles. The molecule has 2 aromatic carbocycles. The molecule has 8 heteroatoms. The van der Waals surface area contributed by atoms with Crippen LogP contribution in [0.2, 0.25) is 0 Å². The van der Waals surface area contributed by atoms with Crippen LogP contribution in [-0.4, -0.2) is 64.4 Å². The summed E-state index contributed by atoms with van der Waals surface area (Å²) in [5, 5.41) is 8.97. The molecular formula is C26H33N3O5. The van der Waals surface area contributed by atoms with Gasteiger partial charge in [-0.15, -0.1) is 0 Å². The molecule has 0 aliphatic carbocycles. The number of fused-ring (bicyclic) bond motifs is 1. The minimum Gasteiger partial charge on any atom is -0.497 e. The fraction of sp³-hybridized carbons (Fsp3) is 0.462. The lowest BCUT2D eigenvalue weighted by molar-refractivity contribution is 0.0225. The number of morpholine rings is 1. The molecule has 2 heterocycles. The molecule has 2 aliphatic rings. The largest absolute Gasteiger partial charge is 0.497 e. The Morgan fingerprint density at radius 3 is 2.79 bits per heavy atom. The molecule has 3 atom stereocenters. The van der Waals surface area contributed by atoms with Gasteiger partial charge in [-0.25, -0.2) is 0 Å². The molecule has 0 spiro atoms. The fourth-order valence-electron chi connectivity index (χ4n) is 4.68. The van der Waals surface area contributed by atoms with E-state index in [-0.39, 0.29) is 29.9 Å². The first-order valence-electron chi connectivity index (χ1n) is 11.8. The maximum absolute atomic E-state index is 13.0. The second-order valence-corrected chi connectivity index (χ2v) is 8.69. The van der Waals surface area contributed by atoms with Crippen molar-refractivity contribution in [2.24, 2.45) is 0 Å². The summed E-state index contributed by atoms with van der Waals surface area (Å²) in [6.07, 6.45) is 1.68. The predicted molar refractivity (Wildman–Crippen MR) is 129 cm³/mol. The summed E-state index contributed by atoms with van der Waals surface area (Å²) in [5.74, 6) is 0.650. The fourth-order valence-corrected chi connectivity index (χ4v) is 4.68. The molecule has 3 N–H and O–H groups in total. The standard InChI is InChI=1S/C26H33N3O5/c1-16-23(17-6-4-7-19(12-17)32-3)21-13-18(14-22(24(21)34-16)26(31)27-2)25(30)29-9-5-8-20-15-28-10-11-33-20/h4,6-7,12-14,16,20,23,28H,5,8-11,15H2,1-3H3,(H,27,31)(H,29,30)/t16-,20+,23+/m1/s1. The van der Waals surface area contributed by atoms with Gasteiger partial charge in [-0.05, 0) is 49.6 Å². The van der Waals surface area contributed by atoms with Gasteiger partial charge < -0.3 is 30.2 Å². The Balaban J connectivity index is 1.56. The van der Waals surface area contributed by atoms with E-state index in [0.29, 0.717) is 23.4 Å². The third kappa shape index (κ3) is 5.18. The van der Waals surface area contributed by atoms with Crippen molar-refractivity contribution in [1.82, 2.24) is 16.0 Å². The Morgan fingerprint density at radius 1 is 1.21 bits per heavy atom. The summed E-state index contributed by atoms with van der Waals surface area (Å²) < 4.78 is 17.3. The molecule has 8 nitrogen and oxygen atoms in total. The van der Waals surface area contributed by atoms with E-state index in [4.69, 9.17) is 14.2 Å². The Bertz CT molecular complexity index is 1040. The second-order valence-electron chi connectivity index (χ2n) is 8.69. The first-order valence-corrected chi connectivity index (χ1v) is 11.8. The molecule has 0 aromatic heterocycles. The van der Waals surface area contributed by atoms with Gasteiger partial charge in [-0.2, -0.15) is 0 Å². The monoisotopic (exact) mass is 467 g/mol. The van der Waals surface area contributed by atoms with E-state index in [0.717, 1.165) is 49.4 Å². The molecule has 1 saturated heterocycles. The number of amides is 2. The van der Waals surface area contributed by atoms with E-state index in [2.05, 4.69) is 16.0 Å². The normalized spacial score (nSPS) is 21.3. The zero-order valence-electron chi connectivity index (χ0n) is 20.0.